The molecule has 0 N–H and O–H groups in total. The van der Waals surface area contributed by atoms with Crippen LogP contribution in [0.3, 0.4) is 0 Å². The van der Waals surface area contributed by atoms with Crippen LogP contribution in [0.1, 0.15) is 33.6 Å². The van der Waals surface area contributed by atoms with Crippen LogP contribution in [0.25, 0.3) is 10.4 Å². The number of carbonyl (C=O) groups is 1. The summed E-state index contributed by atoms with van der Waals surface area (Å²) in [7, 11) is 0. The van der Waals surface area contributed by atoms with Gasteiger partial charge in [0.1, 0.15) is 5.60 Å². The van der Waals surface area contributed by atoms with Gasteiger partial charge < -0.3 is 19.1 Å². The standard InChI is InChI=1S/C16H28N4O4/c1-5-6-9-20(15(21)24-16(2,3)4)10-7-11-22-13-14-23-12-8-18-19-17/h1H,6-14H2,2-4H3. The van der Waals surface area contributed by atoms with Crippen molar-refractivity contribution in [3.05, 3.63) is 10.4 Å². The van der Waals surface area contributed by atoms with Gasteiger partial charge in [-0.05, 0) is 32.7 Å². The first kappa shape index (κ1) is 22.1. The molecule has 0 aromatic heterocycles. The van der Waals surface area contributed by atoms with Crippen molar-refractivity contribution in [2.24, 2.45) is 5.11 Å². The Morgan fingerprint density at radius 1 is 1.21 bits per heavy atom. The molecule has 0 rings (SSSR count). The van der Waals surface area contributed by atoms with Crippen LogP contribution in [0.2, 0.25) is 0 Å². The van der Waals surface area contributed by atoms with E-state index in [1.54, 1.807) is 4.90 Å². The van der Waals surface area contributed by atoms with E-state index in [1.807, 2.05) is 20.8 Å². The lowest BCUT2D eigenvalue weighted by Gasteiger charge is -2.27. The number of amides is 1. The summed E-state index contributed by atoms with van der Waals surface area (Å²) in [6.07, 6.45) is 6.07. The smallest absolute Gasteiger partial charge is 0.410 e. The lowest BCUT2D eigenvalue weighted by atomic mass is 10.2. The van der Waals surface area contributed by atoms with Crippen molar-refractivity contribution in [3.63, 3.8) is 0 Å². The second-order valence-electron chi connectivity index (χ2n) is 5.95. The SMILES string of the molecule is C#CCCN(CCCOCCOCCN=[N+]=[N-])C(=O)OC(C)(C)C. The Hall–Kier alpha value is -1.94. The first-order valence-corrected chi connectivity index (χ1v) is 7.98. The van der Waals surface area contributed by atoms with Crippen molar-refractivity contribution in [1.82, 2.24) is 4.90 Å². The molecule has 136 valence electrons. The Bertz CT molecular complexity index is 436. The summed E-state index contributed by atoms with van der Waals surface area (Å²) < 4.78 is 16.0. The minimum atomic E-state index is -0.533. The van der Waals surface area contributed by atoms with E-state index >= 15 is 0 Å². The lowest BCUT2D eigenvalue weighted by Crippen LogP contribution is -2.38. The second kappa shape index (κ2) is 13.5. The summed E-state index contributed by atoms with van der Waals surface area (Å²) in [5.74, 6) is 2.53. The van der Waals surface area contributed by atoms with Crippen LogP contribution in [0.4, 0.5) is 4.79 Å². The second-order valence-corrected chi connectivity index (χ2v) is 5.95. The molecule has 24 heavy (non-hydrogen) atoms. The quantitative estimate of drug-likeness (QED) is 0.179. The maximum Gasteiger partial charge on any atom is 0.410 e. The highest BCUT2D eigenvalue weighted by molar-refractivity contribution is 5.68. The third-order valence-electron chi connectivity index (χ3n) is 2.67. The molecule has 0 unspecified atom stereocenters. The van der Waals surface area contributed by atoms with Gasteiger partial charge in [0.25, 0.3) is 0 Å². The average molecular weight is 340 g/mol. The van der Waals surface area contributed by atoms with Crippen molar-refractivity contribution in [2.75, 3.05) is 46.1 Å². The summed E-state index contributed by atoms with van der Waals surface area (Å²) in [6.45, 7) is 8.57. The molecule has 1 amide bonds. The summed E-state index contributed by atoms with van der Waals surface area (Å²) in [5.41, 5.74) is 7.56. The number of hydrogen-bond acceptors (Lipinski definition) is 5. The zero-order chi connectivity index (χ0) is 18.3. The number of nitrogens with zero attached hydrogens (tertiary/aromatic N) is 4. The van der Waals surface area contributed by atoms with E-state index in [0.717, 1.165) is 0 Å². The third kappa shape index (κ3) is 13.7. The van der Waals surface area contributed by atoms with Gasteiger partial charge in [-0.2, -0.15) is 0 Å². The number of rotatable bonds is 12. The number of ether oxygens (including phenoxy) is 3. The number of hydrogen-bond donors (Lipinski definition) is 0. The molecule has 0 saturated heterocycles. The van der Waals surface area contributed by atoms with Gasteiger partial charge in [-0.15, -0.1) is 12.3 Å². The van der Waals surface area contributed by atoms with E-state index in [-0.39, 0.29) is 6.09 Å². The van der Waals surface area contributed by atoms with Gasteiger partial charge >= 0.3 is 6.09 Å². The number of carbonyl (C=O) groups excluding carboxylic acids is 1. The molecule has 0 aliphatic heterocycles. The molecule has 0 fully saturated rings. The van der Waals surface area contributed by atoms with E-state index in [9.17, 15) is 4.79 Å². The minimum absolute atomic E-state index is 0.316. The normalized spacial score (nSPS) is 10.6. The van der Waals surface area contributed by atoms with E-state index in [4.69, 9.17) is 26.2 Å². The molecule has 0 radical (unpaired) electrons. The monoisotopic (exact) mass is 340 g/mol. The first-order chi connectivity index (χ1) is 11.4. The molecule has 0 saturated carbocycles. The highest BCUT2D eigenvalue weighted by Crippen LogP contribution is 2.10. The molecular weight excluding hydrogens is 312 g/mol. The molecular formula is C16H28N4O4. The Kier molecular flexibility index (Phi) is 12.4. The van der Waals surface area contributed by atoms with Crippen molar-refractivity contribution in [3.8, 4) is 12.3 Å². The Morgan fingerprint density at radius 3 is 2.46 bits per heavy atom. The summed E-state index contributed by atoms with van der Waals surface area (Å²) in [6, 6.07) is 0. The zero-order valence-electron chi connectivity index (χ0n) is 14.9. The van der Waals surface area contributed by atoms with Crippen molar-refractivity contribution < 1.29 is 19.0 Å². The van der Waals surface area contributed by atoms with Gasteiger partial charge in [-0.25, -0.2) is 4.79 Å². The highest BCUT2D eigenvalue weighted by atomic mass is 16.6. The molecule has 0 spiro atoms. The summed E-state index contributed by atoms with van der Waals surface area (Å²) in [5, 5.41) is 3.36. The van der Waals surface area contributed by atoms with Crippen LogP contribution in [-0.4, -0.2) is 62.7 Å². The van der Waals surface area contributed by atoms with Crippen LogP contribution >= 0.6 is 0 Å². The molecule has 0 atom stereocenters. The highest BCUT2D eigenvalue weighted by Gasteiger charge is 2.21. The summed E-state index contributed by atoms with van der Waals surface area (Å²) in [4.78, 5) is 16.3. The van der Waals surface area contributed by atoms with Crippen LogP contribution in [-0.2, 0) is 14.2 Å². The molecule has 0 aliphatic carbocycles. The van der Waals surface area contributed by atoms with Gasteiger partial charge in [-0.1, -0.05) is 5.11 Å². The lowest BCUT2D eigenvalue weighted by molar-refractivity contribution is 0.0206. The fourth-order valence-corrected chi connectivity index (χ4v) is 1.65. The first-order valence-electron chi connectivity index (χ1n) is 7.98. The van der Waals surface area contributed by atoms with Gasteiger partial charge in [-0.3, -0.25) is 0 Å². The van der Waals surface area contributed by atoms with E-state index in [0.29, 0.717) is 58.9 Å². The molecule has 0 aliphatic rings. The summed E-state index contributed by atoms with van der Waals surface area (Å²) >= 11 is 0. The predicted molar refractivity (Wildman–Crippen MR) is 91.5 cm³/mol. The Labute approximate surface area is 144 Å². The molecule has 0 aromatic rings. The van der Waals surface area contributed by atoms with Crippen molar-refractivity contribution >= 4 is 6.09 Å². The van der Waals surface area contributed by atoms with E-state index in [1.165, 1.54) is 0 Å². The fourth-order valence-electron chi connectivity index (χ4n) is 1.65. The molecule has 8 nitrogen and oxygen atoms in total. The van der Waals surface area contributed by atoms with Gasteiger partial charge in [0.15, 0.2) is 0 Å². The van der Waals surface area contributed by atoms with Gasteiger partial charge in [0, 0.05) is 37.6 Å². The maximum atomic E-state index is 12.1. The third-order valence-corrected chi connectivity index (χ3v) is 2.67. The van der Waals surface area contributed by atoms with Crippen LogP contribution in [0, 0.1) is 12.3 Å². The van der Waals surface area contributed by atoms with E-state index in [2.05, 4.69) is 15.9 Å². The van der Waals surface area contributed by atoms with Gasteiger partial charge in [0.2, 0.25) is 0 Å². The van der Waals surface area contributed by atoms with Crippen LogP contribution < -0.4 is 0 Å². The molecule has 0 bridgehead atoms. The topological polar surface area (TPSA) is 96.8 Å². The Balaban J connectivity index is 3.88. The number of azide groups is 1. The minimum Gasteiger partial charge on any atom is -0.444 e. The van der Waals surface area contributed by atoms with Crippen molar-refractivity contribution in [2.45, 2.75) is 39.2 Å². The zero-order valence-corrected chi connectivity index (χ0v) is 14.9. The molecule has 0 aromatic carbocycles. The largest absolute Gasteiger partial charge is 0.444 e. The fraction of sp³-hybridized carbons (Fsp3) is 0.812. The maximum absolute atomic E-state index is 12.1. The molecule has 8 heteroatoms. The average Bonchev–Trinajstić information content (AvgIpc) is 2.50. The van der Waals surface area contributed by atoms with Gasteiger partial charge in [0.05, 0.1) is 19.8 Å². The Morgan fingerprint density at radius 2 is 1.88 bits per heavy atom. The molecule has 0 heterocycles. The van der Waals surface area contributed by atoms with Crippen LogP contribution in [0.5, 0.6) is 0 Å². The van der Waals surface area contributed by atoms with Crippen molar-refractivity contribution in [1.29, 1.82) is 0 Å². The number of terminal acetylenes is 1. The predicted octanol–water partition coefficient (Wildman–Crippen LogP) is 2.98. The van der Waals surface area contributed by atoms with Crippen LogP contribution in [0.15, 0.2) is 5.11 Å². The van der Waals surface area contributed by atoms with E-state index < -0.39 is 5.60 Å².